The highest BCUT2D eigenvalue weighted by atomic mass is 35.5. The van der Waals surface area contributed by atoms with Gasteiger partial charge in [-0.05, 0) is 49.4 Å². The van der Waals surface area contributed by atoms with Crippen molar-refractivity contribution in [1.29, 1.82) is 0 Å². The number of amides is 1. The third kappa shape index (κ3) is 6.09. The number of carbonyl (C=O) groups excluding carboxylic acids is 3. The number of hydrogen-bond acceptors (Lipinski definition) is 6. The smallest absolute Gasteiger partial charge is 0.340 e. The summed E-state index contributed by atoms with van der Waals surface area (Å²) in [6.07, 6.45) is 0. The van der Waals surface area contributed by atoms with E-state index < -0.39 is 24.5 Å². The number of nitrogens with one attached hydrogen (secondary N) is 2. The van der Waals surface area contributed by atoms with Gasteiger partial charge in [-0.3, -0.25) is 4.79 Å². The van der Waals surface area contributed by atoms with Crippen molar-refractivity contribution in [3.8, 4) is 0 Å². The molecule has 0 radical (unpaired) electrons. The van der Waals surface area contributed by atoms with Crippen LogP contribution in [-0.4, -0.2) is 31.1 Å². The summed E-state index contributed by atoms with van der Waals surface area (Å²) in [5.41, 5.74) is 2.11. The van der Waals surface area contributed by atoms with E-state index in [1.54, 1.807) is 31.2 Å². The Balaban J connectivity index is 1.62. The Morgan fingerprint density at radius 3 is 2.25 bits per heavy atom. The monoisotopic (exact) mass is 452 g/mol. The lowest BCUT2D eigenvalue weighted by Gasteiger charge is -2.12. The first-order valence-electron chi connectivity index (χ1n) is 9.82. The second-order valence-electron chi connectivity index (χ2n) is 6.58. The molecule has 0 heterocycles. The molecule has 3 aromatic rings. The van der Waals surface area contributed by atoms with Crippen molar-refractivity contribution >= 4 is 46.5 Å². The first-order chi connectivity index (χ1) is 15.5. The molecule has 0 fully saturated rings. The highest BCUT2D eigenvalue weighted by Crippen LogP contribution is 2.23. The van der Waals surface area contributed by atoms with Gasteiger partial charge in [-0.1, -0.05) is 41.9 Å². The molecule has 8 heteroatoms. The lowest BCUT2D eigenvalue weighted by Crippen LogP contribution is -2.21. The minimum absolute atomic E-state index is 0.129. The van der Waals surface area contributed by atoms with Crippen LogP contribution < -0.4 is 10.6 Å². The Bertz CT molecular complexity index is 1120. The van der Waals surface area contributed by atoms with Crippen LogP contribution in [0.4, 0.5) is 17.1 Å². The van der Waals surface area contributed by atoms with Crippen molar-refractivity contribution in [1.82, 2.24) is 0 Å². The number of carbonyl (C=O) groups is 3. The maximum absolute atomic E-state index is 12.6. The van der Waals surface area contributed by atoms with E-state index in [0.29, 0.717) is 16.9 Å². The zero-order chi connectivity index (χ0) is 22.9. The molecule has 7 nitrogen and oxygen atoms in total. The molecule has 2 N–H and O–H groups in total. The van der Waals surface area contributed by atoms with Crippen molar-refractivity contribution in [3.05, 3.63) is 88.9 Å². The topological polar surface area (TPSA) is 93.7 Å². The van der Waals surface area contributed by atoms with E-state index in [1.165, 1.54) is 18.2 Å². The lowest BCUT2D eigenvalue weighted by atomic mass is 10.1. The van der Waals surface area contributed by atoms with Gasteiger partial charge < -0.3 is 20.1 Å². The number of halogens is 1. The zero-order valence-electron chi connectivity index (χ0n) is 17.3. The van der Waals surface area contributed by atoms with Gasteiger partial charge in [-0.2, -0.15) is 0 Å². The number of esters is 2. The summed E-state index contributed by atoms with van der Waals surface area (Å²) in [4.78, 5) is 36.8. The molecule has 0 aliphatic carbocycles. The van der Waals surface area contributed by atoms with Gasteiger partial charge in [0.25, 0.3) is 5.91 Å². The van der Waals surface area contributed by atoms with Crippen LogP contribution in [-0.2, 0) is 14.3 Å². The third-order valence-corrected chi connectivity index (χ3v) is 4.61. The SMILES string of the molecule is CCOC(=O)c1cc(NC(=O)COC(=O)c2ccccc2Nc2ccccc2)ccc1Cl. The van der Waals surface area contributed by atoms with Gasteiger partial charge in [0.2, 0.25) is 0 Å². The number of benzene rings is 3. The normalized spacial score (nSPS) is 10.2. The van der Waals surface area contributed by atoms with Crippen LogP contribution in [0.1, 0.15) is 27.6 Å². The fraction of sp³-hybridized carbons (Fsp3) is 0.125. The van der Waals surface area contributed by atoms with Gasteiger partial charge in [0.1, 0.15) is 0 Å². The summed E-state index contributed by atoms with van der Waals surface area (Å²) < 4.78 is 10.1. The van der Waals surface area contributed by atoms with E-state index in [0.717, 1.165) is 5.69 Å². The molecule has 3 aromatic carbocycles. The highest BCUT2D eigenvalue weighted by Gasteiger charge is 2.16. The zero-order valence-corrected chi connectivity index (χ0v) is 18.0. The summed E-state index contributed by atoms with van der Waals surface area (Å²) >= 11 is 6.02. The maximum atomic E-state index is 12.6. The molecule has 0 aromatic heterocycles. The van der Waals surface area contributed by atoms with E-state index in [1.807, 2.05) is 30.3 Å². The fourth-order valence-corrected chi connectivity index (χ4v) is 3.02. The van der Waals surface area contributed by atoms with Crippen molar-refractivity contribution in [2.45, 2.75) is 6.92 Å². The van der Waals surface area contributed by atoms with E-state index in [9.17, 15) is 14.4 Å². The van der Waals surface area contributed by atoms with E-state index in [4.69, 9.17) is 21.1 Å². The predicted molar refractivity (Wildman–Crippen MR) is 122 cm³/mol. The molecular formula is C24H21ClN2O5. The van der Waals surface area contributed by atoms with Crippen LogP contribution in [0.25, 0.3) is 0 Å². The van der Waals surface area contributed by atoms with Gasteiger partial charge in [0.05, 0.1) is 28.4 Å². The van der Waals surface area contributed by atoms with Crippen LogP contribution in [0.15, 0.2) is 72.8 Å². The molecule has 3 rings (SSSR count). The quantitative estimate of drug-likeness (QED) is 0.464. The molecule has 0 saturated heterocycles. The average Bonchev–Trinajstić information content (AvgIpc) is 2.80. The number of para-hydroxylation sites is 2. The van der Waals surface area contributed by atoms with E-state index in [-0.39, 0.29) is 17.2 Å². The summed E-state index contributed by atoms with van der Waals surface area (Å²) in [5.74, 6) is -1.81. The van der Waals surface area contributed by atoms with Gasteiger partial charge in [-0.15, -0.1) is 0 Å². The van der Waals surface area contributed by atoms with Gasteiger partial charge in [0.15, 0.2) is 6.61 Å². The summed E-state index contributed by atoms with van der Waals surface area (Å²) in [5, 5.41) is 5.93. The molecule has 0 atom stereocenters. The summed E-state index contributed by atoms with van der Waals surface area (Å²) in [7, 11) is 0. The Hall–Kier alpha value is -3.84. The van der Waals surface area contributed by atoms with Crippen molar-refractivity contribution in [2.75, 3.05) is 23.8 Å². The maximum Gasteiger partial charge on any atom is 0.340 e. The molecule has 0 aliphatic heterocycles. The second kappa shape index (κ2) is 11.0. The molecule has 0 aliphatic rings. The van der Waals surface area contributed by atoms with Crippen molar-refractivity contribution < 1.29 is 23.9 Å². The van der Waals surface area contributed by atoms with Crippen molar-refractivity contribution in [2.24, 2.45) is 0 Å². The number of anilines is 3. The predicted octanol–water partition coefficient (Wildman–Crippen LogP) is 5.06. The Kier molecular flexibility index (Phi) is 7.83. The van der Waals surface area contributed by atoms with E-state index in [2.05, 4.69) is 10.6 Å². The molecular weight excluding hydrogens is 432 g/mol. The second-order valence-corrected chi connectivity index (χ2v) is 6.98. The van der Waals surface area contributed by atoms with Crippen LogP contribution in [0.2, 0.25) is 5.02 Å². The Labute approximate surface area is 190 Å². The molecule has 0 bridgehead atoms. The molecule has 32 heavy (non-hydrogen) atoms. The molecule has 0 spiro atoms. The largest absolute Gasteiger partial charge is 0.462 e. The Morgan fingerprint density at radius 1 is 0.812 bits per heavy atom. The highest BCUT2D eigenvalue weighted by molar-refractivity contribution is 6.33. The third-order valence-electron chi connectivity index (χ3n) is 4.28. The Morgan fingerprint density at radius 2 is 1.50 bits per heavy atom. The molecule has 0 unspecified atom stereocenters. The fourth-order valence-electron chi connectivity index (χ4n) is 2.82. The number of hydrogen-bond donors (Lipinski definition) is 2. The van der Waals surface area contributed by atoms with Crippen LogP contribution >= 0.6 is 11.6 Å². The molecule has 1 amide bonds. The summed E-state index contributed by atoms with van der Waals surface area (Å²) in [6.45, 7) is 1.37. The number of ether oxygens (including phenoxy) is 2. The van der Waals surface area contributed by atoms with E-state index >= 15 is 0 Å². The molecule has 164 valence electrons. The lowest BCUT2D eigenvalue weighted by molar-refractivity contribution is -0.119. The minimum atomic E-state index is -0.650. The van der Waals surface area contributed by atoms with Crippen molar-refractivity contribution in [3.63, 3.8) is 0 Å². The first-order valence-corrected chi connectivity index (χ1v) is 10.2. The first kappa shape index (κ1) is 22.8. The van der Waals surface area contributed by atoms with Gasteiger partial charge in [-0.25, -0.2) is 9.59 Å². The number of rotatable bonds is 8. The standard InChI is InChI=1S/C24H21ClN2O5/c1-2-31-24(30)19-14-17(12-13-20(19)25)27-22(28)15-32-23(29)18-10-6-7-11-21(18)26-16-8-4-3-5-9-16/h3-14,26H,2,15H2,1H3,(H,27,28). The minimum Gasteiger partial charge on any atom is -0.462 e. The van der Waals surface area contributed by atoms with Crippen LogP contribution in [0.3, 0.4) is 0 Å². The average molecular weight is 453 g/mol. The van der Waals surface area contributed by atoms with Gasteiger partial charge in [0, 0.05) is 11.4 Å². The van der Waals surface area contributed by atoms with Gasteiger partial charge >= 0.3 is 11.9 Å². The summed E-state index contributed by atoms with van der Waals surface area (Å²) in [6, 6.07) is 20.6. The van der Waals surface area contributed by atoms with Crippen LogP contribution in [0.5, 0.6) is 0 Å². The molecule has 0 saturated carbocycles. The van der Waals surface area contributed by atoms with Crippen LogP contribution in [0, 0.1) is 0 Å².